The summed E-state index contributed by atoms with van der Waals surface area (Å²) in [5.74, 6) is 3.07. The number of nitrogens with one attached hydrogen (secondary N) is 1. The standard InChI is InChI=1S/C22H35N3O3.HI/c1-3-23-22(24-11-4-13-27-16-18-10-14-28-17-18)25-12-9-20(15-25)19-5-7-21(26-2)8-6-19;/h5-8,18,20H,3-4,9-17H2,1-2H3,(H,23,24);1H. The Morgan fingerprint density at radius 2 is 2.10 bits per heavy atom. The minimum absolute atomic E-state index is 0. The highest BCUT2D eigenvalue weighted by Crippen LogP contribution is 2.28. The third-order valence-corrected chi connectivity index (χ3v) is 5.50. The summed E-state index contributed by atoms with van der Waals surface area (Å²) < 4.78 is 16.4. The van der Waals surface area contributed by atoms with Gasteiger partial charge in [0.2, 0.25) is 0 Å². The van der Waals surface area contributed by atoms with Gasteiger partial charge in [0.15, 0.2) is 5.96 Å². The zero-order chi connectivity index (χ0) is 19.6. The van der Waals surface area contributed by atoms with Gasteiger partial charge in [-0.25, -0.2) is 0 Å². The van der Waals surface area contributed by atoms with E-state index in [4.69, 9.17) is 19.2 Å². The Kier molecular flexibility index (Phi) is 11.1. The quantitative estimate of drug-likeness (QED) is 0.235. The van der Waals surface area contributed by atoms with Crippen molar-refractivity contribution in [3.8, 4) is 5.75 Å². The van der Waals surface area contributed by atoms with Crippen LogP contribution >= 0.6 is 24.0 Å². The van der Waals surface area contributed by atoms with E-state index in [1.807, 2.05) is 0 Å². The molecule has 0 bridgehead atoms. The molecule has 2 aliphatic rings. The van der Waals surface area contributed by atoms with E-state index in [0.717, 1.165) is 83.6 Å². The summed E-state index contributed by atoms with van der Waals surface area (Å²) in [5.41, 5.74) is 1.38. The van der Waals surface area contributed by atoms with Crippen LogP contribution in [0.3, 0.4) is 0 Å². The molecule has 0 saturated carbocycles. The summed E-state index contributed by atoms with van der Waals surface area (Å²) in [4.78, 5) is 7.21. The molecule has 2 heterocycles. The minimum Gasteiger partial charge on any atom is -0.497 e. The highest BCUT2D eigenvalue weighted by atomic mass is 127. The first-order valence-electron chi connectivity index (χ1n) is 10.6. The number of hydrogen-bond donors (Lipinski definition) is 1. The number of methoxy groups -OCH3 is 1. The summed E-state index contributed by atoms with van der Waals surface area (Å²) >= 11 is 0. The monoisotopic (exact) mass is 517 g/mol. The third kappa shape index (κ3) is 7.61. The first-order valence-corrected chi connectivity index (χ1v) is 10.6. The van der Waals surface area contributed by atoms with Crippen LogP contribution in [-0.4, -0.2) is 70.6 Å². The number of likely N-dealkylation sites (tertiary alicyclic amines) is 1. The molecule has 164 valence electrons. The molecular formula is C22H36IN3O3. The Balaban J connectivity index is 0.00000300. The van der Waals surface area contributed by atoms with Gasteiger partial charge in [0.1, 0.15) is 5.75 Å². The number of halogens is 1. The second kappa shape index (κ2) is 13.3. The molecule has 0 radical (unpaired) electrons. The maximum absolute atomic E-state index is 5.79. The summed E-state index contributed by atoms with van der Waals surface area (Å²) in [7, 11) is 1.71. The average molecular weight is 517 g/mol. The zero-order valence-corrected chi connectivity index (χ0v) is 20.1. The largest absolute Gasteiger partial charge is 0.497 e. The number of ether oxygens (including phenoxy) is 3. The zero-order valence-electron chi connectivity index (χ0n) is 17.8. The maximum Gasteiger partial charge on any atom is 0.193 e. The summed E-state index contributed by atoms with van der Waals surface area (Å²) in [6.45, 7) is 9.20. The van der Waals surface area contributed by atoms with Crippen molar-refractivity contribution in [2.75, 3.05) is 59.7 Å². The number of guanidine groups is 1. The van der Waals surface area contributed by atoms with E-state index in [2.05, 4.69) is 41.4 Å². The molecule has 29 heavy (non-hydrogen) atoms. The fourth-order valence-electron chi connectivity index (χ4n) is 3.84. The molecular weight excluding hydrogens is 481 g/mol. The minimum atomic E-state index is 0. The molecule has 0 spiro atoms. The maximum atomic E-state index is 5.79. The van der Waals surface area contributed by atoms with E-state index in [1.165, 1.54) is 5.56 Å². The lowest BCUT2D eigenvalue weighted by atomic mass is 9.98. The Labute approximate surface area is 192 Å². The second-order valence-electron chi connectivity index (χ2n) is 7.60. The number of aliphatic imine (C=N–C) groups is 1. The van der Waals surface area contributed by atoms with Crippen molar-refractivity contribution in [2.45, 2.75) is 32.1 Å². The molecule has 2 saturated heterocycles. The SMILES string of the molecule is CCNC(=NCCCOCC1CCOC1)N1CCC(c2ccc(OC)cc2)C1.I. The fourth-order valence-corrected chi connectivity index (χ4v) is 3.84. The van der Waals surface area contributed by atoms with Crippen molar-refractivity contribution in [1.82, 2.24) is 10.2 Å². The summed E-state index contributed by atoms with van der Waals surface area (Å²) in [6, 6.07) is 8.47. The normalized spacial score (nSPS) is 21.9. The molecule has 1 aromatic rings. The number of nitrogens with zero attached hydrogens (tertiary/aromatic N) is 2. The predicted molar refractivity (Wildman–Crippen MR) is 128 cm³/mol. The van der Waals surface area contributed by atoms with E-state index in [0.29, 0.717) is 11.8 Å². The summed E-state index contributed by atoms with van der Waals surface area (Å²) in [5, 5.41) is 3.45. The van der Waals surface area contributed by atoms with Crippen molar-refractivity contribution in [2.24, 2.45) is 10.9 Å². The molecule has 2 fully saturated rings. The predicted octanol–water partition coefficient (Wildman–Crippen LogP) is 3.51. The van der Waals surface area contributed by atoms with Gasteiger partial charge in [-0.1, -0.05) is 12.1 Å². The second-order valence-corrected chi connectivity index (χ2v) is 7.60. The van der Waals surface area contributed by atoms with E-state index in [9.17, 15) is 0 Å². The van der Waals surface area contributed by atoms with Crippen molar-refractivity contribution in [3.63, 3.8) is 0 Å². The first-order chi connectivity index (χ1) is 13.8. The van der Waals surface area contributed by atoms with Crippen molar-refractivity contribution >= 4 is 29.9 Å². The summed E-state index contributed by atoms with van der Waals surface area (Å²) in [6.07, 6.45) is 3.24. The molecule has 7 heteroatoms. The van der Waals surface area contributed by atoms with Gasteiger partial charge in [0.05, 0.1) is 20.3 Å². The van der Waals surface area contributed by atoms with E-state index < -0.39 is 0 Å². The molecule has 0 amide bonds. The van der Waals surface area contributed by atoms with Crippen LogP contribution < -0.4 is 10.1 Å². The molecule has 3 rings (SSSR count). The lowest BCUT2D eigenvalue weighted by Gasteiger charge is -2.22. The van der Waals surface area contributed by atoms with E-state index in [1.54, 1.807) is 7.11 Å². The van der Waals surface area contributed by atoms with Gasteiger partial charge in [-0.15, -0.1) is 24.0 Å². The van der Waals surface area contributed by atoms with Gasteiger partial charge >= 0.3 is 0 Å². The Morgan fingerprint density at radius 3 is 2.79 bits per heavy atom. The molecule has 2 unspecified atom stereocenters. The molecule has 1 N–H and O–H groups in total. The van der Waals surface area contributed by atoms with E-state index in [-0.39, 0.29) is 24.0 Å². The van der Waals surface area contributed by atoms with Crippen LogP contribution in [0, 0.1) is 5.92 Å². The number of benzene rings is 1. The van der Waals surface area contributed by atoms with Crippen LogP contribution in [0.4, 0.5) is 0 Å². The van der Waals surface area contributed by atoms with Crippen LogP contribution in [0.5, 0.6) is 5.75 Å². The van der Waals surface area contributed by atoms with Gasteiger partial charge < -0.3 is 24.4 Å². The van der Waals surface area contributed by atoms with Gasteiger partial charge in [-0.3, -0.25) is 4.99 Å². The van der Waals surface area contributed by atoms with Gasteiger partial charge in [-0.2, -0.15) is 0 Å². The fraction of sp³-hybridized carbons (Fsp3) is 0.682. The van der Waals surface area contributed by atoms with E-state index >= 15 is 0 Å². The Morgan fingerprint density at radius 1 is 1.28 bits per heavy atom. The van der Waals surface area contributed by atoms with Crippen molar-refractivity contribution in [3.05, 3.63) is 29.8 Å². The van der Waals surface area contributed by atoms with Crippen LogP contribution in [-0.2, 0) is 9.47 Å². The smallest absolute Gasteiger partial charge is 0.193 e. The Hall–Kier alpha value is -1.06. The highest BCUT2D eigenvalue weighted by molar-refractivity contribution is 14.0. The van der Waals surface area contributed by atoms with Crippen LogP contribution in [0.2, 0.25) is 0 Å². The van der Waals surface area contributed by atoms with Gasteiger partial charge in [-0.05, 0) is 43.9 Å². The Bertz CT molecular complexity index is 606. The lowest BCUT2D eigenvalue weighted by molar-refractivity contribution is 0.0893. The molecule has 2 aliphatic heterocycles. The van der Waals surface area contributed by atoms with Gasteiger partial charge in [0, 0.05) is 51.2 Å². The molecule has 0 aromatic heterocycles. The van der Waals surface area contributed by atoms with Gasteiger partial charge in [0.25, 0.3) is 0 Å². The lowest BCUT2D eigenvalue weighted by Crippen LogP contribution is -2.40. The molecule has 6 nitrogen and oxygen atoms in total. The van der Waals surface area contributed by atoms with Crippen LogP contribution in [0.1, 0.15) is 37.7 Å². The highest BCUT2D eigenvalue weighted by Gasteiger charge is 2.26. The van der Waals surface area contributed by atoms with Crippen LogP contribution in [0.15, 0.2) is 29.3 Å². The molecule has 1 aromatic carbocycles. The first kappa shape index (κ1) is 24.2. The van der Waals surface area contributed by atoms with Crippen molar-refractivity contribution in [1.29, 1.82) is 0 Å². The average Bonchev–Trinajstić information content (AvgIpc) is 3.42. The number of rotatable bonds is 9. The number of hydrogen-bond acceptors (Lipinski definition) is 4. The topological polar surface area (TPSA) is 55.3 Å². The third-order valence-electron chi connectivity index (χ3n) is 5.50. The molecule has 2 atom stereocenters. The molecule has 0 aliphatic carbocycles. The van der Waals surface area contributed by atoms with Crippen LogP contribution in [0.25, 0.3) is 0 Å². The van der Waals surface area contributed by atoms with Crippen molar-refractivity contribution < 1.29 is 14.2 Å².